The predicted octanol–water partition coefficient (Wildman–Crippen LogP) is 2.69. The molecular weight excluding hydrogens is 250 g/mol. The van der Waals surface area contributed by atoms with Crippen LogP contribution in [0.4, 0.5) is 0 Å². The molecule has 3 heterocycles. The third-order valence-corrected chi connectivity index (χ3v) is 4.17. The van der Waals surface area contributed by atoms with E-state index in [0.717, 1.165) is 61.7 Å². The van der Waals surface area contributed by atoms with Crippen molar-refractivity contribution in [3.8, 4) is 23.2 Å². The van der Waals surface area contributed by atoms with E-state index in [2.05, 4.69) is 27.8 Å². The number of fused-ring (bicyclic) bond motifs is 2. The van der Waals surface area contributed by atoms with Crippen molar-refractivity contribution in [3.63, 3.8) is 0 Å². The molecule has 0 saturated heterocycles. The quantitative estimate of drug-likeness (QED) is 0.796. The molecular formula is C16H15N3O. The average Bonchev–Trinajstić information content (AvgIpc) is 3.10. The van der Waals surface area contributed by atoms with Gasteiger partial charge in [-0.15, -0.1) is 0 Å². The van der Waals surface area contributed by atoms with E-state index in [1.165, 1.54) is 5.56 Å². The highest BCUT2D eigenvalue weighted by molar-refractivity contribution is 5.62. The Balaban J connectivity index is 1.86. The highest BCUT2D eigenvalue weighted by Gasteiger charge is 2.22. The monoisotopic (exact) mass is 265 g/mol. The Kier molecular flexibility index (Phi) is 2.53. The fourth-order valence-corrected chi connectivity index (χ4v) is 3.18. The fraction of sp³-hybridized carbons (Fsp3) is 0.375. The Morgan fingerprint density at radius 2 is 2.20 bits per heavy atom. The largest absolute Gasteiger partial charge is 0.493 e. The van der Waals surface area contributed by atoms with Gasteiger partial charge in [0, 0.05) is 18.5 Å². The molecule has 2 aliphatic rings. The molecule has 0 aliphatic carbocycles. The zero-order chi connectivity index (χ0) is 13.5. The number of rotatable bonds is 1. The van der Waals surface area contributed by atoms with Crippen molar-refractivity contribution in [2.24, 2.45) is 0 Å². The van der Waals surface area contributed by atoms with E-state index in [1.54, 1.807) is 0 Å². The summed E-state index contributed by atoms with van der Waals surface area (Å²) in [6.45, 7) is 1.73. The summed E-state index contributed by atoms with van der Waals surface area (Å²) in [5.74, 6) is 1.92. The molecule has 1 aromatic heterocycles. The van der Waals surface area contributed by atoms with Crippen molar-refractivity contribution in [1.82, 2.24) is 9.55 Å². The lowest BCUT2D eigenvalue weighted by molar-refractivity contribution is 0.357. The van der Waals surface area contributed by atoms with Crippen LogP contribution in [-0.2, 0) is 19.4 Å². The normalized spacial score (nSPS) is 16.1. The minimum Gasteiger partial charge on any atom is -0.493 e. The molecule has 4 rings (SSSR count). The SMILES string of the molecule is N#Cc1nc(-c2ccc3c(c2)CCO3)n2c1CCCC2. The molecule has 0 bridgehead atoms. The van der Waals surface area contributed by atoms with Gasteiger partial charge in [0.05, 0.1) is 12.3 Å². The Morgan fingerprint density at radius 1 is 1.25 bits per heavy atom. The topological polar surface area (TPSA) is 50.8 Å². The molecule has 0 saturated carbocycles. The highest BCUT2D eigenvalue weighted by Crippen LogP contribution is 2.32. The van der Waals surface area contributed by atoms with E-state index in [-0.39, 0.29) is 0 Å². The fourth-order valence-electron chi connectivity index (χ4n) is 3.18. The van der Waals surface area contributed by atoms with Crippen molar-refractivity contribution in [3.05, 3.63) is 35.2 Å². The van der Waals surface area contributed by atoms with Crippen LogP contribution >= 0.6 is 0 Å². The van der Waals surface area contributed by atoms with Gasteiger partial charge in [-0.25, -0.2) is 4.98 Å². The third kappa shape index (κ3) is 1.63. The molecule has 20 heavy (non-hydrogen) atoms. The summed E-state index contributed by atoms with van der Waals surface area (Å²) in [5.41, 5.74) is 4.04. The first kappa shape index (κ1) is 11.5. The number of ether oxygens (including phenoxy) is 1. The molecule has 4 heteroatoms. The van der Waals surface area contributed by atoms with Gasteiger partial charge in [0.25, 0.3) is 0 Å². The van der Waals surface area contributed by atoms with Crippen LogP contribution in [0.3, 0.4) is 0 Å². The summed E-state index contributed by atoms with van der Waals surface area (Å²) in [7, 11) is 0. The minimum atomic E-state index is 0.594. The molecule has 2 aromatic rings. The van der Waals surface area contributed by atoms with Gasteiger partial charge in [-0.2, -0.15) is 5.26 Å². The Morgan fingerprint density at radius 3 is 3.10 bits per heavy atom. The van der Waals surface area contributed by atoms with E-state index in [4.69, 9.17) is 4.74 Å². The maximum atomic E-state index is 9.26. The molecule has 0 unspecified atom stereocenters. The number of hydrogen-bond donors (Lipinski definition) is 0. The van der Waals surface area contributed by atoms with Gasteiger partial charge < -0.3 is 9.30 Å². The number of aromatic nitrogens is 2. The van der Waals surface area contributed by atoms with Gasteiger partial charge in [-0.3, -0.25) is 0 Å². The molecule has 0 spiro atoms. The van der Waals surface area contributed by atoms with Gasteiger partial charge in [0.1, 0.15) is 17.6 Å². The van der Waals surface area contributed by atoms with Crippen LogP contribution in [0.15, 0.2) is 18.2 Å². The van der Waals surface area contributed by atoms with Gasteiger partial charge >= 0.3 is 0 Å². The zero-order valence-corrected chi connectivity index (χ0v) is 11.2. The summed E-state index contributed by atoms with van der Waals surface area (Å²) in [6.07, 6.45) is 4.24. The lowest BCUT2D eigenvalue weighted by atomic mass is 10.1. The summed E-state index contributed by atoms with van der Waals surface area (Å²) < 4.78 is 7.77. The second-order valence-corrected chi connectivity index (χ2v) is 5.37. The molecule has 0 amide bonds. The number of benzene rings is 1. The van der Waals surface area contributed by atoms with Gasteiger partial charge in [0.15, 0.2) is 5.69 Å². The first-order chi connectivity index (χ1) is 9.86. The molecule has 0 atom stereocenters. The van der Waals surface area contributed by atoms with Crippen LogP contribution in [0.2, 0.25) is 0 Å². The molecule has 0 radical (unpaired) electrons. The number of hydrogen-bond acceptors (Lipinski definition) is 3. The van der Waals surface area contributed by atoms with Crippen LogP contribution in [0.5, 0.6) is 5.75 Å². The van der Waals surface area contributed by atoms with E-state index in [0.29, 0.717) is 5.69 Å². The number of nitriles is 1. The number of nitrogens with zero attached hydrogens (tertiary/aromatic N) is 3. The van der Waals surface area contributed by atoms with Crippen molar-refractivity contribution in [2.75, 3.05) is 6.61 Å². The van der Waals surface area contributed by atoms with Crippen molar-refractivity contribution in [2.45, 2.75) is 32.2 Å². The molecule has 0 N–H and O–H groups in total. The Labute approximate surface area is 117 Å². The van der Waals surface area contributed by atoms with Crippen molar-refractivity contribution in [1.29, 1.82) is 5.26 Å². The third-order valence-electron chi connectivity index (χ3n) is 4.17. The summed E-state index contributed by atoms with van der Waals surface area (Å²) in [5, 5.41) is 9.26. The van der Waals surface area contributed by atoms with E-state index < -0.39 is 0 Å². The minimum absolute atomic E-state index is 0.594. The average molecular weight is 265 g/mol. The van der Waals surface area contributed by atoms with E-state index in [1.807, 2.05) is 6.07 Å². The highest BCUT2D eigenvalue weighted by atomic mass is 16.5. The molecule has 100 valence electrons. The number of imidazole rings is 1. The van der Waals surface area contributed by atoms with Gasteiger partial charge in [-0.05, 0) is 43.0 Å². The maximum absolute atomic E-state index is 9.26. The molecule has 0 fully saturated rings. The van der Waals surface area contributed by atoms with Gasteiger partial charge in [0.2, 0.25) is 0 Å². The molecule has 1 aromatic carbocycles. The lowest BCUT2D eigenvalue weighted by Crippen LogP contribution is -2.11. The smallest absolute Gasteiger partial charge is 0.162 e. The molecule has 2 aliphatic heterocycles. The van der Waals surface area contributed by atoms with E-state index >= 15 is 0 Å². The lowest BCUT2D eigenvalue weighted by Gasteiger charge is -2.16. The summed E-state index contributed by atoms with van der Waals surface area (Å²) in [6, 6.07) is 8.47. The summed E-state index contributed by atoms with van der Waals surface area (Å²) >= 11 is 0. The standard InChI is InChI=1S/C16H15N3O/c17-10-13-14-3-1-2-7-19(14)16(18-13)12-4-5-15-11(9-12)6-8-20-15/h4-5,9H,1-3,6-8H2. The first-order valence-electron chi connectivity index (χ1n) is 7.12. The van der Waals surface area contributed by atoms with Crippen LogP contribution in [0.1, 0.15) is 29.8 Å². The Hall–Kier alpha value is -2.28. The first-order valence-corrected chi connectivity index (χ1v) is 7.12. The van der Waals surface area contributed by atoms with Crippen LogP contribution in [0.25, 0.3) is 11.4 Å². The second-order valence-electron chi connectivity index (χ2n) is 5.37. The predicted molar refractivity (Wildman–Crippen MR) is 74.5 cm³/mol. The second kappa shape index (κ2) is 4.38. The van der Waals surface area contributed by atoms with Crippen LogP contribution in [0, 0.1) is 11.3 Å². The van der Waals surface area contributed by atoms with Crippen molar-refractivity contribution >= 4 is 0 Å². The zero-order valence-electron chi connectivity index (χ0n) is 11.2. The van der Waals surface area contributed by atoms with E-state index in [9.17, 15) is 5.26 Å². The maximum Gasteiger partial charge on any atom is 0.162 e. The van der Waals surface area contributed by atoms with Gasteiger partial charge in [-0.1, -0.05) is 0 Å². The van der Waals surface area contributed by atoms with Crippen molar-refractivity contribution < 1.29 is 4.74 Å². The van der Waals surface area contributed by atoms with Crippen LogP contribution < -0.4 is 4.74 Å². The van der Waals surface area contributed by atoms with Crippen LogP contribution in [-0.4, -0.2) is 16.2 Å². The Bertz CT molecular complexity index is 724. The molecule has 4 nitrogen and oxygen atoms in total. The summed E-state index contributed by atoms with van der Waals surface area (Å²) in [4.78, 5) is 4.57.